The van der Waals surface area contributed by atoms with Crippen molar-refractivity contribution in [1.29, 1.82) is 0 Å². The minimum Gasteiger partial charge on any atom is -0.348 e. The fourth-order valence-corrected chi connectivity index (χ4v) is 3.86. The molecule has 1 amide bonds. The van der Waals surface area contributed by atoms with Crippen LogP contribution in [0.2, 0.25) is 5.02 Å². The fraction of sp³-hybridized carbons (Fsp3) is 0.438. The Morgan fingerprint density at radius 1 is 1.29 bits per heavy atom. The molecule has 2 aromatic rings. The molecule has 1 N–H and O–H groups in total. The van der Waals surface area contributed by atoms with Crippen molar-refractivity contribution < 1.29 is 4.79 Å². The summed E-state index contributed by atoms with van der Waals surface area (Å²) < 4.78 is 1.89. The zero-order valence-electron chi connectivity index (χ0n) is 11.8. The molecule has 4 nitrogen and oxygen atoms in total. The molecule has 110 valence electrons. The van der Waals surface area contributed by atoms with Crippen LogP contribution >= 0.6 is 11.6 Å². The molecule has 5 heteroatoms. The Morgan fingerprint density at radius 3 is 3.05 bits per heavy atom. The van der Waals surface area contributed by atoms with Crippen LogP contribution in [0.5, 0.6) is 0 Å². The zero-order valence-corrected chi connectivity index (χ0v) is 12.5. The van der Waals surface area contributed by atoms with Gasteiger partial charge in [0.1, 0.15) is 0 Å². The summed E-state index contributed by atoms with van der Waals surface area (Å²) in [4.78, 5) is 14.9. The second-order valence-corrected chi connectivity index (χ2v) is 6.60. The molecule has 2 aliphatic heterocycles. The molecule has 0 aromatic carbocycles. The van der Waals surface area contributed by atoms with Gasteiger partial charge in [-0.05, 0) is 43.5 Å². The molecule has 0 spiro atoms. The van der Waals surface area contributed by atoms with E-state index in [9.17, 15) is 4.79 Å². The summed E-state index contributed by atoms with van der Waals surface area (Å²) in [6, 6.07) is 5.85. The van der Waals surface area contributed by atoms with E-state index in [0.29, 0.717) is 10.6 Å². The molecule has 2 saturated heterocycles. The van der Waals surface area contributed by atoms with E-state index in [0.717, 1.165) is 24.4 Å². The van der Waals surface area contributed by atoms with E-state index >= 15 is 0 Å². The van der Waals surface area contributed by atoms with E-state index in [1.165, 1.54) is 19.5 Å². The molecule has 4 heterocycles. The highest BCUT2D eigenvalue weighted by molar-refractivity contribution is 6.34. The Kier molecular flexibility index (Phi) is 3.16. The largest absolute Gasteiger partial charge is 0.348 e. The van der Waals surface area contributed by atoms with Gasteiger partial charge in [0, 0.05) is 31.5 Å². The lowest BCUT2D eigenvalue weighted by Crippen LogP contribution is -2.47. The molecule has 2 bridgehead atoms. The van der Waals surface area contributed by atoms with Gasteiger partial charge in [-0.1, -0.05) is 11.6 Å². The van der Waals surface area contributed by atoms with Crippen LogP contribution in [0, 0.1) is 5.92 Å². The molecule has 0 saturated carbocycles. The van der Waals surface area contributed by atoms with Crippen LogP contribution in [-0.4, -0.2) is 40.9 Å². The maximum absolute atomic E-state index is 12.4. The molecule has 2 unspecified atom stereocenters. The smallest absolute Gasteiger partial charge is 0.253 e. The fourth-order valence-electron chi connectivity index (χ4n) is 3.64. The molecule has 2 aliphatic rings. The lowest BCUT2D eigenvalue weighted by Gasteiger charge is -2.30. The van der Waals surface area contributed by atoms with Crippen molar-refractivity contribution in [3.05, 3.63) is 41.2 Å². The van der Waals surface area contributed by atoms with Gasteiger partial charge in [-0.2, -0.15) is 0 Å². The standard InChI is InChI=1S/C16H18ClN3O/c17-14-4-6-20-9-12(1-2-15(14)20)16(21)18-13-7-11-3-5-19(8-11)10-13/h1-2,4,6,9,11,13H,3,5,7-8,10H2,(H,18,21)/t11?,13-/m1/s1. The van der Waals surface area contributed by atoms with Gasteiger partial charge in [-0.25, -0.2) is 0 Å². The number of nitrogens with one attached hydrogen (secondary N) is 1. The summed E-state index contributed by atoms with van der Waals surface area (Å²) in [5, 5.41) is 3.89. The number of carbonyl (C=O) groups is 1. The SMILES string of the molecule is O=C(N[C@@H]1CC2CCN(C2)C1)c1ccc2c(Cl)ccn2c1. The minimum absolute atomic E-state index is 0.00854. The highest BCUT2D eigenvalue weighted by atomic mass is 35.5. The van der Waals surface area contributed by atoms with Crippen LogP contribution in [0.25, 0.3) is 5.52 Å². The first-order valence-corrected chi connectivity index (χ1v) is 7.86. The molecule has 0 radical (unpaired) electrons. The van der Waals surface area contributed by atoms with E-state index in [2.05, 4.69) is 10.2 Å². The van der Waals surface area contributed by atoms with Crippen molar-refractivity contribution in [2.24, 2.45) is 5.92 Å². The van der Waals surface area contributed by atoms with E-state index in [1.807, 2.05) is 35.0 Å². The number of pyridine rings is 1. The number of piperidine rings is 1. The van der Waals surface area contributed by atoms with Crippen LogP contribution in [0.15, 0.2) is 30.6 Å². The quantitative estimate of drug-likeness (QED) is 0.925. The third-order valence-electron chi connectivity index (χ3n) is 4.67. The van der Waals surface area contributed by atoms with E-state index < -0.39 is 0 Å². The van der Waals surface area contributed by atoms with E-state index in [4.69, 9.17) is 11.6 Å². The number of halogens is 1. The number of amides is 1. The van der Waals surface area contributed by atoms with Crippen LogP contribution < -0.4 is 5.32 Å². The first-order valence-electron chi connectivity index (χ1n) is 7.48. The maximum Gasteiger partial charge on any atom is 0.253 e. The summed E-state index contributed by atoms with van der Waals surface area (Å²) in [6.45, 7) is 3.38. The predicted octanol–water partition coefficient (Wildman–Crippen LogP) is 2.42. The highest BCUT2D eigenvalue weighted by Crippen LogP contribution is 2.27. The average molecular weight is 304 g/mol. The zero-order chi connectivity index (χ0) is 14.4. The van der Waals surface area contributed by atoms with Crippen molar-refractivity contribution >= 4 is 23.0 Å². The van der Waals surface area contributed by atoms with Gasteiger partial charge in [-0.3, -0.25) is 4.79 Å². The lowest BCUT2D eigenvalue weighted by atomic mass is 9.96. The molecular weight excluding hydrogens is 286 g/mol. The number of nitrogens with zero attached hydrogens (tertiary/aromatic N) is 2. The second kappa shape index (κ2) is 5.04. The molecule has 0 aliphatic carbocycles. The molecule has 4 rings (SSSR count). The van der Waals surface area contributed by atoms with Crippen LogP contribution in [0.1, 0.15) is 23.2 Å². The molecule has 3 atom stereocenters. The van der Waals surface area contributed by atoms with Crippen molar-refractivity contribution in [1.82, 2.24) is 14.6 Å². The number of fused-ring (bicyclic) bond motifs is 3. The average Bonchev–Trinajstić information content (AvgIpc) is 3.02. The minimum atomic E-state index is 0.00854. The third kappa shape index (κ3) is 2.43. The molecule has 2 fully saturated rings. The van der Waals surface area contributed by atoms with Gasteiger partial charge in [-0.15, -0.1) is 0 Å². The topological polar surface area (TPSA) is 36.8 Å². The summed E-state index contributed by atoms with van der Waals surface area (Å²) in [5.74, 6) is 0.768. The number of rotatable bonds is 2. The van der Waals surface area contributed by atoms with Crippen molar-refractivity contribution in [3.8, 4) is 0 Å². The number of carbonyl (C=O) groups excluding carboxylic acids is 1. The predicted molar refractivity (Wildman–Crippen MR) is 82.8 cm³/mol. The maximum atomic E-state index is 12.4. The van der Waals surface area contributed by atoms with Crippen LogP contribution in [-0.2, 0) is 0 Å². The van der Waals surface area contributed by atoms with E-state index in [-0.39, 0.29) is 11.9 Å². The molecule has 2 aromatic heterocycles. The Bertz CT molecular complexity index is 684. The van der Waals surface area contributed by atoms with Crippen LogP contribution in [0.3, 0.4) is 0 Å². The molecular formula is C16H18ClN3O. The van der Waals surface area contributed by atoms with Gasteiger partial charge in [0.15, 0.2) is 0 Å². The van der Waals surface area contributed by atoms with E-state index in [1.54, 1.807) is 0 Å². The third-order valence-corrected chi connectivity index (χ3v) is 4.99. The Balaban J connectivity index is 1.50. The highest BCUT2D eigenvalue weighted by Gasteiger charge is 2.32. The van der Waals surface area contributed by atoms with Crippen molar-refractivity contribution in [2.45, 2.75) is 18.9 Å². The second-order valence-electron chi connectivity index (χ2n) is 6.19. The normalized spacial score (nSPS) is 28.0. The summed E-state index contributed by atoms with van der Waals surface area (Å²) in [6.07, 6.45) is 6.11. The Morgan fingerprint density at radius 2 is 2.19 bits per heavy atom. The lowest BCUT2D eigenvalue weighted by molar-refractivity contribution is 0.0909. The Labute approximate surface area is 128 Å². The summed E-state index contributed by atoms with van der Waals surface area (Å²) in [5.41, 5.74) is 1.61. The van der Waals surface area contributed by atoms with Crippen molar-refractivity contribution in [3.63, 3.8) is 0 Å². The number of hydrogen-bond acceptors (Lipinski definition) is 2. The van der Waals surface area contributed by atoms with Gasteiger partial charge < -0.3 is 14.6 Å². The number of aromatic nitrogens is 1. The van der Waals surface area contributed by atoms with Gasteiger partial charge in [0.25, 0.3) is 5.91 Å². The monoisotopic (exact) mass is 303 g/mol. The summed E-state index contributed by atoms with van der Waals surface area (Å²) in [7, 11) is 0. The first-order chi connectivity index (χ1) is 10.2. The summed E-state index contributed by atoms with van der Waals surface area (Å²) >= 11 is 6.07. The van der Waals surface area contributed by atoms with Gasteiger partial charge in [0.05, 0.1) is 16.1 Å². The molecule has 21 heavy (non-hydrogen) atoms. The number of hydrogen-bond donors (Lipinski definition) is 1. The van der Waals surface area contributed by atoms with Gasteiger partial charge >= 0.3 is 0 Å². The first kappa shape index (κ1) is 13.2. The van der Waals surface area contributed by atoms with Gasteiger partial charge in [0.2, 0.25) is 0 Å². The van der Waals surface area contributed by atoms with Crippen molar-refractivity contribution in [2.75, 3.05) is 19.6 Å². The Hall–Kier alpha value is -1.52. The van der Waals surface area contributed by atoms with Crippen LogP contribution in [0.4, 0.5) is 0 Å².